The summed E-state index contributed by atoms with van der Waals surface area (Å²) in [6.45, 7) is 8.84. The predicted octanol–water partition coefficient (Wildman–Crippen LogP) is 3.88. The van der Waals surface area contributed by atoms with Crippen LogP contribution < -0.4 is 0 Å². The maximum Gasteiger partial charge on any atom is 0.0362 e. The van der Waals surface area contributed by atoms with Crippen LogP contribution in [0, 0.1) is 0 Å². The standard InChI is InChI=1S/C14H18N2/c1-9(2)12-7-15-5-11-6-16-8-13(10(3)4)14(11)12/h5-10H,1-4H3. The topological polar surface area (TPSA) is 25.8 Å². The van der Waals surface area contributed by atoms with Gasteiger partial charge >= 0.3 is 0 Å². The Hall–Kier alpha value is -1.44. The quantitative estimate of drug-likeness (QED) is 0.758. The summed E-state index contributed by atoms with van der Waals surface area (Å²) in [4.78, 5) is 8.59. The molecular weight excluding hydrogens is 196 g/mol. The van der Waals surface area contributed by atoms with Crippen LogP contribution in [0.15, 0.2) is 24.8 Å². The van der Waals surface area contributed by atoms with Gasteiger partial charge in [-0.3, -0.25) is 9.97 Å². The van der Waals surface area contributed by atoms with Crippen molar-refractivity contribution in [2.45, 2.75) is 39.5 Å². The normalized spacial score (nSPS) is 11.6. The van der Waals surface area contributed by atoms with Crippen LogP contribution in [-0.4, -0.2) is 9.97 Å². The van der Waals surface area contributed by atoms with Crippen molar-refractivity contribution < 1.29 is 0 Å². The highest BCUT2D eigenvalue weighted by Gasteiger charge is 2.12. The summed E-state index contributed by atoms with van der Waals surface area (Å²) >= 11 is 0. The summed E-state index contributed by atoms with van der Waals surface area (Å²) in [6.07, 6.45) is 7.78. The average molecular weight is 214 g/mol. The number of hydrogen-bond acceptors (Lipinski definition) is 2. The minimum absolute atomic E-state index is 0.496. The Morgan fingerprint density at radius 1 is 0.750 bits per heavy atom. The van der Waals surface area contributed by atoms with Crippen molar-refractivity contribution in [3.8, 4) is 0 Å². The van der Waals surface area contributed by atoms with Gasteiger partial charge in [-0.2, -0.15) is 0 Å². The van der Waals surface area contributed by atoms with Crippen LogP contribution in [-0.2, 0) is 0 Å². The molecule has 0 saturated carbocycles. The molecule has 0 bridgehead atoms. The van der Waals surface area contributed by atoms with Crippen molar-refractivity contribution in [1.82, 2.24) is 9.97 Å². The molecule has 16 heavy (non-hydrogen) atoms. The smallest absolute Gasteiger partial charge is 0.0362 e. The van der Waals surface area contributed by atoms with Crippen LogP contribution in [0.25, 0.3) is 10.8 Å². The highest BCUT2D eigenvalue weighted by Crippen LogP contribution is 2.30. The summed E-state index contributed by atoms with van der Waals surface area (Å²) < 4.78 is 0. The molecule has 0 saturated heterocycles. The van der Waals surface area contributed by atoms with E-state index in [1.54, 1.807) is 0 Å². The molecular formula is C14H18N2. The Labute approximate surface area is 96.7 Å². The Kier molecular flexibility index (Phi) is 2.90. The van der Waals surface area contributed by atoms with Gasteiger partial charge < -0.3 is 0 Å². The molecule has 0 aliphatic heterocycles. The van der Waals surface area contributed by atoms with Crippen molar-refractivity contribution in [1.29, 1.82) is 0 Å². The molecule has 2 rings (SSSR count). The lowest BCUT2D eigenvalue weighted by atomic mass is 9.92. The molecule has 2 aromatic rings. The molecule has 0 unspecified atom stereocenters. The first kappa shape index (κ1) is 11.1. The maximum absolute atomic E-state index is 4.29. The molecule has 0 radical (unpaired) electrons. The summed E-state index contributed by atoms with van der Waals surface area (Å²) in [6, 6.07) is 0. The van der Waals surface area contributed by atoms with Crippen LogP contribution in [0.2, 0.25) is 0 Å². The molecule has 0 aliphatic rings. The average Bonchev–Trinajstić information content (AvgIpc) is 2.27. The van der Waals surface area contributed by atoms with E-state index in [0.717, 1.165) is 5.39 Å². The Bertz CT molecular complexity index is 458. The van der Waals surface area contributed by atoms with Gasteiger partial charge in [0.2, 0.25) is 0 Å². The number of aromatic nitrogens is 2. The van der Waals surface area contributed by atoms with Crippen molar-refractivity contribution in [2.75, 3.05) is 0 Å². The second-order valence-corrected chi connectivity index (χ2v) is 4.86. The number of rotatable bonds is 2. The summed E-state index contributed by atoms with van der Waals surface area (Å²) in [5, 5.41) is 2.49. The van der Waals surface area contributed by atoms with Gasteiger partial charge in [0.25, 0.3) is 0 Å². The molecule has 0 aliphatic carbocycles. The monoisotopic (exact) mass is 214 g/mol. The molecule has 0 amide bonds. The zero-order chi connectivity index (χ0) is 11.7. The largest absolute Gasteiger partial charge is 0.264 e. The lowest BCUT2D eigenvalue weighted by molar-refractivity contribution is 0.845. The SMILES string of the molecule is CC(C)c1cncc2cncc(C(C)C)c12. The molecule has 0 aromatic carbocycles. The van der Waals surface area contributed by atoms with Gasteiger partial charge in [0.05, 0.1) is 0 Å². The van der Waals surface area contributed by atoms with E-state index >= 15 is 0 Å². The third-order valence-electron chi connectivity index (χ3n) is 2.96. The van der Waals surface area contributed by atoms with E-state index in [0.29, 0.717) is 11.8 Å². The summed E-state index contributed by atoms with van der Waals surface area (Å²) in [5.74, 6) is 0.993. The highest BCUT2D eigenvalue weighted by molar-refractivity contribution is 5.87. The van der Waals surface area contributed by atoms with Crippen molar-refractivity contribution >= 4 is 10.8 Å². The number of pyridine rings is 2. The molecule has 2 heterocycles. The maximum atomic E-state index is 4.29. The Morgan fingerprint density at radius 2 is 1.19 bits per heavy atom. The van der Waals surface area contributed by atoms with Crippen molar-refractivity contribution in [2.24, 2.45) is 0 Å². The minimum Gasteiger partial charge on any atom is -0.264 e. The van der Waals surface area contributed by atoms with E-state index in [4.69, 9.17) is 0 Å². The Balaban J connectivity index is 2.82. The van der Waals surface area contributed by atoms with Gasteiger partial charge in [0, 0.05) is 30.2 Å². The van der Waals surface area contributed by atoms with Crippen LogP contribution in [0.3, 0.4) is 0 Å². The van der Waals surface area contributed by atoms with Gasteiger partial charge in [0.1, 0.15) is 0 Å². The number of nitrogens with zero attached hydrogens (tertiary/aromatic N) is 2. The van der Waals surface area contributed by atoms with Gasteiger partial charge in [-0.15, -0.1) is 0 Å². The molecule has 2 nitrogen and oxygen atoms in total. The highest BCUT2D eigenvalue weighted by atomic mass is 14.7. The van der Waals surface area contributed by atoms with E-state index < -0.39 is 0 Å². The molecule has 2 aromatic heterocycles. The molecule has 2 heteroatoms. The molecule has 84 valence electrons. The van der Waals surface area contributed by atoms with Crippen LogP contribution >= 0.6 is 0 Å². The fraction of sp³-hybridized carbons (Fsp3) is 0.429. The first-order valence-corrected chi connectivity index (χ1v) is 5.82. The molecule has 0 spiro atoms. The van der Waals surface area contributed by atoms with E-state index in [-0.39, 0.29) is 0 Å². The molecule has 0 N–H and O–H groups in total. The van der Waals surface area contributed by atoms with Gasteiger partial charge in [-0.25, -0.2) is 0 Å². The number of fused-ring (bicyclic) bond motifs is 1. The van der Waals surface area contributed by atoms with E-state index in [2.05, 4.69) is 37.7 Å². The van der Waals surface area contributed by atoms with Crippen LogP contribution in [0.4, 0.5) is 0 Å². The van der Waals surface area contributed by atoms with E-state index in [1.807, 2.05) is 24.8 Å². The second-order valence-electron chi connectivity index (χ2n) is 4.86. The minimum atomic E-state index is 0.496. The first-order chi connectivity index (χ1) is 7.61. The third-order valence-corrected chi connectivity index (χ3v) is 2.96. The van der Waals surface area contributed by atoms with E-state index in [1.165, 1.54) is 16.5 Å². The van der Waals surface area contributed by atoms with Gasteiger partial charge in [-0.1, -0.05) is 27.7 Å². The fourth-order valence-electron chi connectivity index (χ4n) is 2.06. The zero-order valence-electron chi connectivity index (χ0n) is 10.4. The van der Waals surface area contributed by atoms with Gasteiger partial charge in [-0.05, 0) is 28.3 Å². The van der Waals surface area contributed by atoms with Crippen molar-refractivity contribution in [3.63, 3.8) is 0 Å². The lowest BCUT2D eigenvalue weighted by Gasteiger charge is -2.15. The fourth-order valence-corrected chi connectivity index (χ4v) is 2.06. The third kappa shape index (κ3) is 1.80. The summed E-state index contributed by atoms with van der Waals surface area (Å²) in [7, 11) is 0. The Morgan fingerprint density at radius 3 is 1.56 bits per heavy atom. The molecule has 0 fully saturated rings. The predicted molar refractivity (Wildman–Crippen MR) is 67.7 cm³/mol. The number of hydrogen-bond donors (Lipinski definition) is 0. The second kappa shape index (κ2) is 4.20. The van der Waals surface area contributed by atoms with Gasteiger partial charge in [0.15, 0.2) is 0 Å². The first-order valence-electron chi connectivity index (χ1n) is 5.82. The van der Waals surface area contributed by atoms with Crippen LogP contribution in [0.5, 0.6) is 0 Å². The van der Waals surface area contributed by atoms with Crippen molar-refractivity contribution in [3.05, 3.63) is 35.9 Å². The zero-order valence-corrected chi connectivity index (χ0v) is 10.4. The van der Waals surface area contributed by atoms with E-state index in [9.17, 15) is 0 Å². The summed E-state index contributed by atoms with van der Waals surface area (Å²) in [5.41, 5.74) is 2.65. The molecule has 0 atom stereocenters. The lowest BCUT2D eigenvalue weighted by Crippen LogP contribution is -1.98. The van der Waals surface area contributed by atoms with Crippen LogP contribution in [0.1, 0.15) is 50.7 Å².